The first-order valence-corrected chi connectivity index (χ1v) is 6.81. The molecule has 1 aliphatic rings. The van der Waals surface area contributed by atoms with Gasteiger partial charge in [-0.1, -0.05) is 26.7 Å². The Balaban J connectivity index is 0.00000144. The van der Waals surface area contributed by atoms with Crippen LogP contribution in [0.5, 0.6) is 0 Å². The molecule has 0 aromatic carbocycles. The van der Waals surface area contributed by atoms with Crippen molar-refractivity contribution < 1.29 is 9.46 Å². The first-order valence-electron chi connectivity index (χ1n) is 4.89. The predicted molar refractivity (Wildman–Crippen MR) is 61.7 cm³/mol. The van der Waals surface area contributed by atoms with Crippen molar-refractivity contribution in [1.82, 2.24) is 0 Å². The Hall–Kier alpha value is 0.722. The average Bonchev–Trinajstić information content (AvgIpc) is 2.55. The van der Waals surface area contributed by atoms with Gasteiger partial charge in [-0.3, -0.25) is 4.57 Å². The zero-order chi connectivity index (χ0) is 9.19. The molecule has 0 aromatic heterocycles. The molecule has 1 saturated carbocycles. The molecular weight excluding hydrogens is 198 g/mol. The molecule has 0 aliphatic heterocycles. The second-order valence-corrected chi connectivity index (χ2v) is 6.82. The molecule has 0 heterocycles. The van der Waals surface area contributed by atoms with Crippen molar-refractivity contribution in [2.45, 2.75) is 45.2 Å². The highest BCUT2D eigenvalue weighted by molar-refractivity contribution is 7.58. The summed E-state index contributed by atoms with van der Waals surface area (Å²) in [6.45, 7) is 3.76. The maximum atomic E-state index is 11.6. The van der Waals surface area contributed by atoms with Crippen LogP contribution >= 0.6 is 7.37 Å². The van der Waals surface area contributed by atoms with Crippen LogP contribution in [0.3, 0.4) is 0 Å². The van der Waals surface area contributed by atoms with Gasteiger partial charge in [0.05, 0.1) is 0 Å². The van der Waals surface area contributed by atoms with Crippen molar-refractivity contribution in [2.24, 2.45) is 5.92 Å². The Bertz CT molecular complexity index is 190. The molecule has 1 aliphatic carbocycles. The molecule has 1 rings (SSSR count). The Morgan fingerprint density at radius 1 is 1.46 bits per heavy atom. The summed E-state index contributed by atoms with van der Waals surface area (Å²) in [6.07, 6.45) is 5.25. The highest BCUT2D eigenvalue weighted by atomic mass is 31.2. The maximum Gasteiger partial charge on any atom is 0.203 e. The summed E-state index contributed by atoms with van der Waals surface area (Å²) in [5.74, 6) is 0.515. The van der Waals surface area contributed by atoms with Gasteiger partial charge in [-0.05, 0) is 18.8 Å². The van der Waals surface area contributed by atoms with E-state index in [1.807, 2.05) is 13.8 Å². The number of rotatable bonds is 3. The Kier molecular flexibility index (Phi) is 5.88. The van der Waals surface area contributed by atoms with E-state index in [1.54, 1.807) is 0 Å². The molecule has 13 heavy (non-hydrogen) atoms. The summed E-state index contributed by atoms with van der Waals surface area (Å²) in [5, 5.41) is 0. The van der Waals surface area contributed by atoms with E-state index in [-0.39, 0.29) is 23.0 Å². The minimum atomic E-state index is -2.81. The van der Waals surface area contributed by atoms with Crippen molar-refractivity contribution in [2.75, 3.05) is 6.16 Å². The fraction of sp³-hybridized carbons (Fsp3) is 1.00. The molecule has 4 heteroatoms. The molecule has 0 spiro atoms. The summed E-state index contributed by atoms with van der Waals surface area (Å²) < 4.78 is 11.6. The lowest BCUT2D eigenvalue weighted by Gasteiger charge is -2.23. The first kappa shape index (κ1) is 13.7. The second-order valence-electron chi connectivity index (χ2n) is 3.86. The lowest BCUT2D eigenvalue weighted by atomic mass is 10.1. The molecule has 0 bridgehead atoms. The fourth-order valence-electron chi connectivity index (χ4n) is 2.06. The zero-order valence-electron chi connectivity index (χ0n) is 7.99. The van der Waals surface area contributed by atoms with E-state index in [9.17, 15) is 9.46 Å². The summed E-state index contributed by atoms with van der Waals surface area (Å²) >= 11 is 0. The summed E-state index contributed by atoms with van der Waals surface area (Å²) in [7, 11) is -2.81. The monoisotopic (exact) mass is 220 g/mol. The van der Waals surface area contributed by atoms with Crippen LogP contribution in [0.2, 0.25) is 0 Å². The summed E-state index contributed by atoms with van der Waals surface area (Å²) in [4.78, 5) is 9.61. The highest BCUT2D eigenvalue weighted by Crippen LogP contribution is 2.51. The van der Waals surface area contributed by atoms with Gasteiger partial charge in [0.1, 0.15) is 0 Å². The summed E-state index contributed by atoms with van der Waals surface area (Å²) in [6, 6.07) is 0. The zero-order valence-corrected chi connectivity index (χ0v) is 8.89. The normalized spacial score (nSPS) is 24.8. The molecule has 2 atom stereocenters. The van der Waals surface area contributed by atoms with Gasteiger partial charge in [0.15, 0.2) is 17.4 Å². The largest absolute Gasteiger partial charge is 0.344 e. The van der Waals surface area contributed by atoms with E-state index < -0.39 is 7.37 Å². The molecule has 78 valence electrons. The number of hydrogen-bond donors (Lipinski definition) is 1. The minimum Gasteiger partial charge on any atom is -0.344 e. The van der Waals surface area contributed by atoms with Gasteiger partial charge in [0.25, 0.3) is 0 Å². The molecule has 1 N–H and O–H groups in total. The van der Waals surface area contributed by atoms with Gasteiger partial charge in [0.2, 0.25) is 7.37 Å². The standard InChI is InChI=1S/C9H19O2P.Al.3H/c1-3-12(10,11)8(2)9-6-4-5-7-9;;;;/h8-9H,3-7H2,1-2H3,(H,10,11);;;;. The molecular formula is C9H22AlO2P. The van der Waals surface area contributed by atoms with E-state index in [0.29, 0.717) is 12.1 Å². The minimum absolute atomic E-state index is 0. The van der Waals surface area contributed by atoms with Crippen molar-refractivity contribution in [3.8, 4) is 0 Å². The Labute approximate surface area is 91.7 Å². The van der Waals surface area contributed by atoms with Crippen LogP contribution < -0.4 is 0 Å². The second kappa shape index (κ2) is 5.57. The van der Waals surface area contributed by atoms with E-state index in [4.69, 9.17) is 0 Å². The lowest BCUT2D eigenvalue weighted by Crippen LogP contribution is -2.15. The van der Waals surface area contributed by atoms with E-state index in [1.165, 1.54) is 12.8 Å². The third-order valence-corrected chi connectivity index (χ3v) is 5.77. The van der Waals surface area contributed by atoms with E-state index in [0.717, 1.165) is 12.8 Å². The van der Waals surface area contributed by atoms with Gasteiger partial charge >= 0.3 is 0 Å². The van der Waals surface area contributed by atoms with Gasteiger partial charge in [-0.2, -0.15) is 0 Å². The van der Waals surface area contributed by atoms with Gasteiger partial charge in [-0.15, -0.1) is 0 Å². The van der Waals surface area contributed by atoms with Gasteiger partial charge < -0.3 is 4.89 Å². The van der Waals surface area contributed by atoms with Crippen LogP contribution in [-0.2, 0) is 4.57 Å². The van der Waals surface area contributed by atoms with Gasteiger partial charge in [0, 0.05) is 11.8 Å². The molecule has 1 fully saturated rings. The molecule has 0 saturated heterocycles. The molecule has 2 nitrogen and oxygen atoms in total. The van der Waals surface area contributed by atoms with Crippen LogP contribution in [0.15, 0.2) is 0 Å². The quantitative estimate of drug-likeness (QED) is 0.580. The maximum absolute atomic E-state index is 11.6. The van der Waals surface area contributed by atoms with Crippen molar-refractivity contribution >= 4 is 24.7 Å². The Morgan fingerprint density at radius 3 is 2.31 bits per heavy atom. The van der Waals surface area contributed by atoms with E-state index >= 15 is 0 Å². The third kappa shape index (κ3) is 3.41. The molecule has 0 aromatic rings. The van der Waals surface area contributed by atoms with Crippen LogP contribution in [0.25, 0.3) is 0 Å². The number of hydrogen-bond acceptors (Lipinski definition) is 1. The lowest BCUT2D eigenvalue weighted by molar-refractivity contribution is 0.428. The van der Waals surface area contributed by atoms with E-state index in [2.05, 4.69) is 0 Å². The highest BCUT2D eigenvalue weighted by Gasteiger charge is 2.33. The topological polar surface area (TPSA) is 37.3 Å². The average molecular weight is 220 g/mol. The van der Waals surface area contributed by atoms with Crippen LogP contribution in [0, 0.1) is 5.92 Å². The van der Waals surface area contributed by atoms with Crippen molar-refractivity contribution in [3.05, 3.63) is 0 Å². The smallest absolute Gasteiger partial charge is 0.203 e. The first-order chi connectivity index (χ1) is 5.58. The van der Waals surface area contributed by atoms with Crippen molar-refractivity contribution in [3.63, 3.8) is 0 Å². The summed E-state index contributed by atoms with van der Waals surface area (Å²) in [5.41, 5.74) is 0.0324. The van der Waals surface area contributed by atoms with Gasteiger partial charge in [-0.25, -0.2) is 0 Å². The van der Waals surface area contributed by atoms with Crippen LogP contribution in [0.1, 0.15) is 39.5 Å². The molecule has 2 unspecified atom stereocenters. The third-order valence-electron chi connectivity index (χ3n) is 3.17. The predicted octanol–water partition coefficient (Wildman–Crippen LogP) is 1.67. The van der Waals surface area contributed by atoms with Crippen LogP contribution in [-0.4, -0.2) is 34.1 Å². The fourth-order valence-corrected chi connectivity index (χ4v) is 3.59. The Morgan fingerprint density at radius 2 is 1.92 bits per heavy atom. The van der Waals surface area contributed by atoms with Crippen LogP contribution in [0.4, 0.5) is 0 Å². The molecule has 0 radical (unpaired) electrons. The molecule has 0 amide bonds. The van der Waals surface area contributed by atoms with Crippen molar-refractivity contribution in [1.29, 1.82) is 0 Å². The SMILES string of the molecule is CCP(=O)(O)C(C)C1CCCC1.[AlH3].